The lowest BCUT2D eigenvalue weighted by atomic mass is 9.95. The molecule has 3 heteroatoms. The van der Waals surface area contributed by atoms with Crippen LogP contribution in [0, 0.1) is 6.92 Å². The van der Waals surface area contributed by atoms with E-state index in [4.69, 9.17) is 0 Å². The number of likely N-dealkylation sites (tertiary alicyclic amines) is 1. The van der Waals surface area contributed by atoms with E-state index < -0.39 is 0 Å². The maximum Gasteiger partial charge on any atom is 0.237 e. The standard InChI is InChI=1S/C19H28N2O/c1-15-8-5-6-9-16(15)14-21-13-7-12-18(21)19(22)20-17-10-3-2-4-11-17/h5-6,8-9,17-18H,2-4,7,10-14H2,1H3,(H,20,22). The zero-order valence-electron chi connectivity index (χ0n) is 13.7. The molecule has 1 unspecified atom stereocenters. The third-order valence-electron chi connectivity index (χ3n) is 5.25. The third kappa shape index (κ3) is 3.70. The highest BCUT2D eigenvalue weighted by atomic mass is 16.2. The second kappa shape index (κ2) is 7.28. The first-order chi connectivity index (χ1) is 10.7. The van der Waals surface area contributed by atoms with Crippen molar-refractivity contribution in [2.24, 2.45) is 0 Å². The van der Waals surface area contributed by atoms with Gasteiger partial charge in [0.2, 0.25) is 5.91 Å². The Kier molecular flexibility index (Phi) is 5.14. The fourth-order valence-electron chi connectivity index (χ4n) is 3.86. The van der Waals surface area contributed by atoms with Crippen molar-refractivity contribution >= 4 is 5.91 Å². The minimum Gasteiger partial charge on any atom is -0.352 e. The van der Waals surface area contributed by atoms with Gasteiger partial charge in [-0.15, -0.1) is 0 Å². The van der Waals surface area contributed by atoms with Crippen LogP contribution < -0.4 is 5.32 Å². The second-order valence-corrected chi connectivity index (χ2v) is 6.90. The van der Waals surface area contributed by atoms with Crippen LogP contribution in [0.15, 0.2) is 24.3 Å². The van der Waals surface area contributed by atoms with E-state index in [9.17, 15) is 4.79 Å². The summed E-state index contributed by atoms with van der Waals surface area (Å²) in [6.07, 6.45) is 8.33. The molecule has 1 aliphatic heterocycles. The number of hydrogen-bond donors (Lipinski definition) is 1. The topological polar surface area (TPSA) is 32.3 Å². The minimum atomic E-state index is 0.0709. The highest BCUT2D eigenvalue weighted by Crippen LogP contribution is 2.23. The van der Waals surface area contributed by atoms with E-state index in [0.29, 0.717) is 6.04 Å². The number of carbonyl (C=O) groups excluding carboxylic acids is 1. The highest BCUT2D eigenvalue weighted by molar-refractivity contribution is 5.82. The van der Waals surface area contributed by atoms with Crippen molar-refractivity contribution in [1.29, 1.82) is 0 Å². The lowest BCUT2D eigenvalue weighted by molar-refractivity contribution is -0.126. The molecule has 22 heavy (non-hydrogen) atoms. The summed E-state index contributed by atoms with van der Waals surface area (Å²) >= 11 is 0. The molecule has 0 aromatic heterocycles. The van der Waals surface area contributed by atoms with Gasteiger partial charge < -0.3 is 5.32 Å². The Hall–Kier alpha value is -1.35. The number of benzene rings is 1. The summed E-state index contributed by atoms with van der Waals surface area (Å²) in [5.74, 6) is 0.262. The maximum atomic E-state index is 12.6. The van der Waals surface area contributed by atoms with Crippen LogP contribution in [0.25, 0.3) is 0 Å². The molecule has 1 aromatic carbocycles. The number of rotatable bonds is 4. The molecular weight excluding hydrogens is 272 g/mol. The zero-order chi connectivity index (χ0) is 15.4. The molecule has 1 amide bonds. The average molecular weight is 300 g/mol. The maximum absolute atomic E-state index is 12.6. The van der Waals surface area contributed by atoms with Gasteiger partial charge in [0.1, 0.15) is 0 Å². The number of aryl methyl sites for hydroxylation is 1. The molecule has 1 heterocycles. The summed E-state index contributed by atoms with van der Waals surface area (Å²) in [5.41, 5.74) is 2.67. The van der Waals surface area contributed by atoms with Crippen molar-refractivity contribution < 1.29 is 4.79 Å². The SMILES string of the molecule is Cc1ccccc1CN1CCCC1C(=O)NC1CCCCC1. The van der Waals surface area contributed by atoms with Crippen molar-refractivity contribution in [3.05, 3.63) is 35.4 Å². The van der Waals surface area contributed by atoms with Gasteiger partial charge >= 0.3 is 0 Å². The van der Waals surface area contributed by atoms with Crippen LogP contribution in [0.5, 0.6) is 0 Å². The fraction of sp³-hybridized carbons (Fsp3) is 0.632. The van der Waals surface area contributed by atoms with Gasteiger partial charge in [-0.2, -0.15) is 0 Å². The van der Waals surface area contributed by atoms with E-state index in [1.54, 1.807) is 0 Å². The summed E-state index contributed by atoms with van der Waals surface area (Å²) in [6.45, 7) is 4.09. The molecule has 1 N–H and O–H groups in total. The number of hydrogen-bond acceptors (Lipinski definition) is 2. The van der Waals surface area contributed by atoms with E-state index in [2.05, 4.69) is 41.4 Å². The van der Waals surface area contributed by atoms with Crippen molar-refractivity contribution in [2.45, 2.75) is 70.5 Å². The predicted octanol–water partition coefficient (Wildman–Crippen LogP) is 3.41. The number of amides is 1. The van der Waals surface area contributed by atoms with E-state index in [0.717, 1.165) is 38.8 Å². The van der Waals surface area contributed by atoms with E-state index in [1.165, 1.54) is 30.4 Å². The second-order valence-electron chi connectivity index (χ2n) is 6.90. The Morgan fingerprint density at radius 3 is 2.68 bits per heavy atom. The molecule has 0 radical (unpaired) electrons. The van der Waals surface area contributed by atoms with Gasteiger partial charge in [-0.3, -0.25) is 9.69 Å². The molecule has 3 nitrogen and oxygen atoms in total. The molecule has 0 bridgehead atoms. The first-order valence-electron chi connectivity index (χ1n) is 8.83. The Morgan fingerprint density at radius 1 is 1.14 bits per heavy atom. The van der Waals surface area contributed by atoms with Gasteiger partial charge in [-0.25, -0.2) is 0 Å². The summed E-state index contributed by atoms with van der Waals surface area (Å²) in [6, 6.07) is 9.00. The van der Waals surface area contributed by atoms with E-state index in [1.807, 2.05) is 0 Å². The van der Waals surface area contributed by atoms with Gasteiger partial charge in [-0.1, -0.05) is 43.5 Å². The van der Waals surface area contributed by atoms with E-state index in [-0.39, 0.29) is 11.9 Å². The first-order valence-corrected chi connectivity index (χ1v) is 8.83. The van der Waals surface area contributed by atoms with Crippen LogP contribution in [0.4, 0.5) is 0 Å². The molecule has 1 saturated carbocycles. The molecular formula is C19H28N2O. The van der Waals surface area contributed by atoms with Crippen LogP contribution in [-0.2, 0) is 11.3 Å². The van der Waals surface area contributed by atoms with Gasteiger partial charge in [0.15, 0.2) is 0 Å². The number of nitrogens with one attached hydrogen (secondary N) is 1. The summed E-state index contributed by atoms with van der Waals surface area (Å²) in [7, 11) is 0. The highest BCUT2D eigenvalue weighted by Gasteiger charge is 2.32. The Balaban J connectivity index is 1.60. The van der Waals surface area contributed by atoms with Crippen molar-refractivity contribution in [3.8, 4) is 0 Å². The van der Waals surface area contributed by atoms with Gasteiger partial charge in [0.05, 0.1) is 6.04 Å². The molecule has 0 spiro atoms. The molecule has 1 aromatic rings. The molecule has 3 rings (SSSR count). The summed E-state index contributed by atoms with van der Waals surface area (Å²) in [4.78, 5) is 15.0. The van der Waals surface area contributed by atoms with Crippen molar-refractivity contribution in [2.75, 3.05) is 6.54 Å². The van der Waals surface area contributed by atoms with Crippen molar-refractivity contribution in [3.63, 3.8) is 0 Å². The molecule has 1 atom stereocenters. The molecule has 2 fully saturated rings. The molecule has 2 aliphatic rings. The van der Waals surface area contributed by atoms with Crippen LogP contribution >= 0.6 is 0 Å². The smallest absolute Gasteiger partial charge is 0.237 e. The van der Waals surface area contributed by atoms with E-state index >= 15 is 0 Å². The molecule has 1 saturated heterocycles. The Morgan fingerprint density at radius 2 is 1.91 bits per heavy atom. The fourth-order valence-corrected chi connectivity index (χ4v) is 3.86. The van der Waals surface area contributed by atoms with Crippen LogP contribution in [0.2, 0.25) is 0 Å². The lowest BCUT2D eigenvalue weighted by Gasteiger charge is -2.28. The lowest BCUT2D eigenvalue weighted by Crippen LogP contribution is -2.47. The number of carbonyl (C=O) groups is 1. The van der Waals surface area contributed by atoms with Gasteiger partial charge in [-0.05, 0) is 50.3 Å². The molecule has 120 valence electrons. The predicted molar refractivity (Wildman–Crippen MR) is 89.6 cm³/mol. The Bertz CT molecular complexity index is 508. The normalized spacial score (nSPS) is 23.6. The minimum absolute atomic E-state index is 0.0709. The zero-order valence-corrected chi connectivity index (χ0v) is 13.7. The quantitative estimate of drug-likeness (QED) is 0.924. The van der Waals surface area contributed by atoms with Crippen LogP contribution in [0.3, 0.4) is 0 Å². The monoisotopic (exact) mass is 300 g/mol. The largest absolute Gasteiger partial charge is 0.352 e. The van der Waals surface area contributed by atoms with Crippen molar-refractivity contribution in [1.82, 2.24) is 10.2 Å². The first kappa shape index (κ1) is 15.5. The molecule has 1 aliphatic carbocycles. The van der Waals surface area contributed by atoms with Gasteiger partial charge in [0.25, 0.3) is 0 Å². The van der Waals surface area contributed by atoms with Gasteiger partial charge in [0, 0.05) is 12.6 Å². The van der Waals surface area contributed by atoms with Crippen LogP contribution in [-0.4, -0.2) is 29.4 Å². The average Bonchev–Trinajstić information content (AvgIpc) is 2.99. The summed E-state index contributed by atoms with van der Waals surface area (Å²) in [5, 5.41) is 3.31. The third-order valence-corrected chi connectivity index (χ3v) is 5.25. The Labute approximate surface area is 134 Å². The number of nitrogens with zero attached hydrogens (tertiary/aromatic N) is 1. The summed E-state index contributed by atoms with van der Waals surface area (Å²) < 4.78 is 0. The van der Waals surface area contributed by atoms with Crippen LogP contribution in [0.1, 0.15) is 56.1 Å².